The number of aliphatic carboxylic acids is 1. The Morgan fingerprint density at radius 2 is 1.72 bits per heavy atom. The summed E-state index contributed by atoms with van der Waals surface area (Å²) in [6.07, 6.45) is 1.09. The lowest BCUT2D eigenvalue weighted by Crippen LogP contribution is -2.36. The van der Waals surface area contributed by atoms with E-state index < -0.39 is 12.0 Å². The Hall–Kier alpha value is -3.97. The molecule has 0 spiro atoms. The number of nitrogens with two attached hydrogens (primary N) is 2. The maximum absolute atomic E-state index is 12.5. The van der Waals surface area contributed by atoms with Crippen LogP contribution in [-0.4, -0.2) is 29.0 Å². The van der Waals surface area contributed by atoms with E-state index >= 15 is 0 Å². The molecule has 3 aromatic rings. The zero-order valence-electron chi connectivity index (χ0n) is 17.4. The van der Waals surface area contributed by atoms with E-state index in [1.165, 1.54) is 22.3 Å². The van der Waals surface area contributed by atoms with Crippen LogP contribution in [0.3, 0.4) is 0 Å². The smallest absolute Gasteiger partial charge is 0.320 e. The summed E-state index contributed by atoms with van der Waals surface area (Å²) in [4.78, 5) is 27.7. The lowest BCUT2D eigenvalue weighted by Gasteiger charge is -2.09. The van der Waals surface area contributed by atoms with Gasteiger partial charge in [-0.3, -0.25) is 14.9 Å². The van der Waals surface area contributed by atoms with Crippen LogP contribution < -0.4 is 16.8 Å². The van der Waals surface area contributed by atoms with E-state index in [0.29, 0.717) is 12.1 Å². The van der Waals surface area contributed by atoms with Crippen LogP contribution in [0.25, 0.3) is 11.1 Å². The van der Waals surface area contributed by atoms with E-state index in [2.05, 4.69) is 28.5 Å². The summed E-state index contributed by atoms with van der Waals surface area (Å²) in [6, 6.07) is 20.1. The number of amides is 1. The number of carboxylic acid groups (broad SMARTS) is 1. The van der Waals surface area contributed by atoms with Gasteiger partial charge < -0.3 is 16.6 Å². The van der Waals surface area contributed by atoms with Crippen LogP contribution in [0.4, 0.5) is 0 Å². The van der Waals surface area contributed by atoms with E-state index in [1.807, 2.05) is 24.3 Å². The molecule has 1 atom stereocenters. The van der Waals surface area contributed by atoms with Crippen LogP contribution in [0.5, 0.6) is 0 Å². The fraction of sp³-hybridized carbons (Fsp3) is 0.160. The van der Waals surface area contributed by atoms with Gasteiger partial charge in [0, 0.05) is 5.56 Å². The predicted molar refractivity (Wildman–Crippen MR) is 123 cm³/mol. The van der Waals surface area contributed by atoms with Gasteiger partial charge in [-0.25, -0.2) is 4.99 Å². The van der Waals surface area contributed by atoms with Crippen molar-refractivity contribution in [3.63, 3.8) is 0 Å². The zero-order valence-corrected chi connectivity index (χ0v) is 17.4. The molecule has 4 rings (SSSR count). The summed E-state index contributed by atoms with van der Waals surface area (Å²) < 4.78 is 0. The second kappa shape index (κ2) is 9.03. The highest BCUT2D eigenvalue weighted by atomic mass is 16.4. The number of guanidine groups is 1. The first-order valence-corrected chi connectivity index (χ1v) is 10.3. The van der Waals surface area contributed by atoms with Crippen molar-refractivity contribution in [1.82, 2.24) is 5.32 Å². The molecule has 6 N–H and O–H groups in total. The van der Waals surface area contributed by atoms with E-state index in [-0.39, 0.29) is 18.3 Å². The molecular formula is C25H24N4O3. The number of nitrogens with zero attached hydrogens (tertiary/aromatic N) is 1. The minimum absolute atomic E-state index is 0.0378. The van der Waals surface area contributed by atoms with Gasteiger partial charge in [-0.15, -0.1) is 0 Å². The normalized spacial score (nSPS) is 13.2. The van der Waals surface area contributed by atoms with Gasteiger partial charge in [0.2, 0.25) is 0 Å². The molecule has 0 heterocycles. The van der Waals surface area contributed by atoms with Gasteiger partial charge in [0.15, 0.2) is 5.96 Å². The Labute approximate surface area is 185 Å². The number of carboxylic acids is 1. The first-order valence-electron chi connectivity index (χ1n) is 10.3. The second-order valence-electron chi connectivity index (χ2n) is 7.79. The molecule has 0 aliphatic heterocycles. The monoisotopic (exact) mass is 428 g/mol. The molecule has 7 heteroatoms. The second-order valence-corrected chi connectivity index (χ2v) is 7.79. The summed E-state index contributed by atoms with van der Waals surface area (Å²) in [7, 11) is 0. The van der Waals surface area contributed by atoms with Crippen molar-refractivity contribution in [1.29, 1.82) is 0 Å². The van der Waals surface area contributed by atoms with Gasteiger partial charge in [0.25, 0.3) is 5.91 Å². The molecule has 0 radical (unpaired) electrons. The zero-order chi connectivity index (χ0) is 22.7. The van der Waals surface area contributed by atoms with Crippen LogP contribution in [-0.2, 0) is 24.2 Å². The van der Waals surface area contributed by atoms with Crippen molar-refractivity contribution in [3.05, 3.63) is 94.5 Å². The van der Waals surface area contributed by atoms with E-state index in [1.54, 1.807) is 24.3 Å². The fourth-order valence-electron chi connectivity index (χ4n) is 3.93. The SMILES string of the molecule is NC(=NCc1cccc2c1-c1ccccc1C2)NC(=O)c1ccc(CC(N)C(=O)O)cc1. The van der Waals surface area contributed by atoms with Crippen molar-refractivity contribution in [2.75, 3.05) is 0 Å². The first kappa shape index (κ1) is 21.3. The summed E-state index contributed by atoms with van der Waals surface area (Å²) in [5.41, 5.74) is 18.7. The Morgan fingerprint density at radius 3 is 2.47 bits per heavy atom. The third kappa shape index (κ3) is 4.53. The summed E-state index contributed by atoms with van der Waals surface area (Å²) in [6.45, 7) is 0.357. The number of hydrogen-bond acceptors (Lipinski definition) is 4. The Bertz CT molecular complexity index is 1200. The highest BCUT2D eigenvalue weighted by Gasteiger charge is 2.20. The van der Waals surface area contributed by atoms with E-state index in [4.69, 9.17) is 16.6 Å². The average molecular weight is 428 g/mol. The number of aliphatic imine (C=N–C) groups is 1. The van der Waals surface area contributed by atoms with Gasteiger partial charge in [-0.1, -0.05) is 54.6 Å². The third-order valence-corrected chi connectivity index (χ3v) is 5.55. The molecule has 0 saturated carbocycles. The van der Waals surface area contributed by atoms with E-state index in [0.717, 1.165) is 17.5 Å². The molecule has 3 aromatic carbocycles. The Kier molecular flexibility index (Phi) is 6.00. The largest absolute Gasteiger partial charge is 0.480 e. The highest BCUT2D eigenvalue weighted by molar-refractivity contribution is 6.05. The molecule has 1 aliphatic carbocycles. The van der Waals surface area contributed by atoms with Gasteiger partial charge >= 0.3 is 5.97 Å². The molecule has 32 heavy (non-hydrogen) atoms. The first-order chi connectivity index (χ1) is 15.4. The molecule has 0 aromatic heterocycles. The highest BCUT2D eigenvalue weighted by Crippen LogP contribution is 2.38. The Balaban J connectivity index is 1.42. The molecule has 1 amide bonds. The van der Waals surface area contributed by atoms with Crippen LogP contribution in [0.15, 0.2) is 71.7 Å². The number of carbonyl (C=O) groups excluding carboxylic acids is 1. The number of rotatable bonds is 6. The number of fused-ring (bicyclic) bond motifs is 3. The van der Waals surface area contributed by atoms with Crippen molar-refractivity contribution in [2.24, 2.45) is 16.5 Å². The van der Waals surface area contributed by atoms with Crippen molar-refractivity contribution >= 4 is 17.8 Å². The number of hydrogen-bond donors (Lipinski definition) is 4. The molecule has 0 fully saturated rings. The van der Waals surface area contributed by atoms with Crippen molar-refractivity contribution < 1.29 is 14.7 Å². The third-order valence-electron chi connectivity index (χ3n) is 5.55. The maximum atomic E-state index is 12.5. The molecule has 0 saturated heterocycles. The van der Waals surface area contributed by atoms with Crippen LogP contribution in [0.2, 0.25) is 0 Å². The fourth-order valence-corrected chi connectivity index (χ4v) is 3.93. The summed E-state index contributed by atoms with van der Waals surface area (Å²) in [5, 5.41) is 11.5. The molecule has 7 nitrogen and oxygen atoms in total. The lowest BCUT2D eigenvalue weighted by atomic mass is 10.00. The van der Waals surface area contributed by atoms with Gasteiger partial charge in [-0.05, 0) is 58.4 Å². The van der Waals surface area contributed by atoms with E-state index in [9.17, 15) is 9.59 Å². The number of benzene rings is 3. The molecule has 1 aliphatic rings. The summed E-state index contributed by atoms with van der Waals surface area (Å²) in [5.74, 6) is -1.41. The van der Waals surface area contributed by atoms with Crippen LogP contribution in [0, 0.1) is 0 Å². The Morgan fingerprint density at radius 1 is 1.00 bits per heavy atom. The predicted octanol–water partition coefficient (Wildman–Crippen LogP) is 2.46. The molecule has 1 unspecified atom stereocenters. The average Bonchev–Trinajstić information content (AvgIpc) is 3.17. The van der Waals surface area contributed by atoms with Crippen LogP contribution >= 0.6 is 0 Å². The topological polar surface area (TPSA) is 131 Å². The number of carbonyl (C=O) groups is 2. The number of nitrogens with one attached hydrogen (secondary N) is 1. The standard InChI is InChI=1S/C25H24N4O3/c26-21(24(31)32)12-15-8-10-16(11-9-15)23(30)29-25(27)28-14-19-6-3-5-18-13-17-4-1-2-7-20(17)22(18)19/h1-11,21H,12-14,26H2,(H,31,32)(H3,27,28,29,30). The van der Waals surface area contributed by atoms with Crippen molar-refractivity contribution in [2.45, 2.75) is 25.4 Å². The van der Waals surface area contributed by atoms with Crippen LogP contribution in [0.1, 0.15) is 32.6 Å². The van der Waals surface area contributed by atoms with Crippen molar-refractivity contribution in [3.8, 4) is 11.1 Å². The minimum atomic E-state index is -1.07. The summed E-state index contributed by atoms with van der Waals surface area (Å²) >= 11 is 0. The van der Waals surface area contributed by atoms with Gasteiger partial charge in [-0.2, -0.15) is 0 Å². The minimum Gasteiger partial charge on any atom is -0.480 e. The quantitative estimate of drug-likeness (QED) is 0.277. The maximum Gasteiger partial charge on any atom is 0.320 e. The van der Waals surface area contributed by atoms with Gasteiger partial charge in [0.1, 0.15) is 6.04 Å². The molecule has 162 valence electrons. The lowest BCUT2D eigenvalue weighted by molar-refractivity contribution is -0.138. The molecular weight excluding hydrogens is 404 g/mol. The molecule has 0 bridgehead atoms. The van der Waals surface area contributed by atoms with Gasteiger partial charge in [0.05, 0.1) is 6.54 Å².